The van der Waals surface area contributed by atoms with Crippen molar-refractivity contribution in [2.45, 2.75) is 62.6 Å². The first-order valence-electron chi connectivity index (χ1n) is 10.0. The molecule has 1 aromatic carbocycles. The highest BCUT2D eigenvalue weighted by molar-refractivity contribution is 5.84. The molecule has 1 aliphatic heterocycles. The molecule has 4 rings (SSSR count). The second-order valence-corrected chi connectivity index (χ2v) is 8.14. The number of β-amino-alcohol motifs (C(OH)–C–C–N with tert-alkyl or cyclic N) is 1. The van der Waals surface area contributed by atoms with Gasteiger partial charge >= 0.3 is 12.1 Å². The molecule has 7 nitrogen and oxygen atoms in total. The summed E-state index contributed by atoms with van der Waals surface area (Å²) in [4.78, 5) is 26.1. The molecule has 1 spiro atoms. The van der Waals surface area contributed by atoms with Crippen LogP contribution in [-0.4, -0.2) is 61.6 Å². The Morgan fingerprint density at radius 3 is 2.29 bits per heavy atom. The number of hydrogen-bond donors (Lipinski definition) is 4. The quantitative estimate of drug-likeness (QED) is 0.568. The number of piperidine rings is 1. The average molecular weight is 442 g/mol. The van der Waals surface area contributed by atoms with Crippen molar-refractivity contribution in [1.82, 2.24) is 9.88 Å². The molecular formula is C21H25F3N2O5. The van der Waals surface area contributed by atoms with Crippen molar-refractivity contribution >= 4 is 16.7 Å². The van der Waals surface area contributed by atoms with Gasteiger partial charge in [-0.2, -0.15) is 13.2 Å². The van der Waals surface area contributed by atoms with Crippen molar-refractivity contribution in [3.05, 3.63) is 46.4 Å². The monoisotopic (exact) mass is 442 g/mol. The number of aromatic nitrogens is 1. The number of halogens is 3. The minimum atomic E-state index is -5.08. The van der Waals surface area contributed by atoms with Crippen LogP contribution in [0.25, 0.3) is 10.8 Å². The lowest BCUT2D eigenvalue weighted by atomic mass is 9.82. The number of aliphatic carboxylic acids is 1. The van der Waals surface area contributed by atoms with Crippen molar-refractivity contribution in [2.24, 2.45) is 0 Å². The summed E-state index contributed by atoms with van der Waals surface area (Å²) in [6.45, 7) is 1.16. The Morgan fingerprint density at radius 2 is 1.71 bits per heavy atom. The number of aliphatic hydroxyl groups excluding tert-OH is 2. The SMILES string of the molecule is O=C(O)C(F)(F)F.O=c1[nH]cc(CN2C[C@@H](O)[C@@H](O)CC23CCCC3)c2ccccc12. The number of fused-ring (bicyclic) bond motifs is 1. The Hall–Kier alpha value is -2.43. The van der Waals surface area contributed by atoms with Crippen molar-refractivity contribution in [2.75, 3.05) is 6.54 Å². The summed E-state index contributed by atoms with van der Waals surface area (Å²) in [5.41, 5.74) is 0.981. The van der Waals surface area contributed by atoms with Crippen LogP contribution in [0.3, 0.4) is 0 Å². The normalized spacial score (nSPS) is 23.5. The summed E-state index contributed by atoms with van der Waals surface area (Å²) < 4.78 is 31.7. The zero-order valence-corrected chi connectivity index (χ0v) is 16.7. The minimum absolute atomic E-state index is 0.0180. The molecule has 0 bridgehead atoms. The number of aromatic amines is 1. The first-order chi connectivity index (χ1) is 14.5. The number of likely N-dealkylation sites (tertiary alicyclic amines) is 1. The number of carbonyl (C=O) groups is 1. The van der Waals surface area contributed by atoms with Crippen LogP contribution in [0.4, 0.5) is 13.2 Å². The maximum Gasteiger partial charge on any atom is 0.490 e. The number of nitrogens with zero attached hydrogens (tertiary/aromatic N) is 1. The van der Waals surface area contributed by atoms with E-state index in [4.69, 9.17) is 9.90 Å². The Bertz CT molecular complexity index is 985. The van der Waals surface area contributed by atoms with Gasteiger partial charge in [0.25, 0.3) is 5.56 Å². The zero-order valence-electron chi connectivity index (χ0n) is 16.7. The van der Waals surface area contributed by atoms with Crippen molar-refractivity contribution in [3.63, 3.8) is 0 Å². The van der Waals surface area contributed by atoms with Gasteiger partial charge < -0.3 is 20.3 Å². The number of hydrogen-bond acceptors (Lipinski definition) is 5. The van der Waals surface area contributed by atoms with Crippen LogP contribution >= 0.6 is 0 Å². The summed E-state index contributed by atoms with van der Waals surface area (Å²) >= 11 is 0. The maximum absolute atomic E-state index is 12.0. The van der Waals surface area contributed by atoms with Crippen LogP contribution in [0.2, 0.25) is 0 Å². The Balaban J connectivity index is 0.000000339. The topological polar surface area (TPSA) is 114 Å². The lowest BCUT2D eigenvalue weighted by molar-refractivity contribution is -0.192. The molecule has 31 heavy (non-hydrogen) atoms. The molecule has 0 radical (unpaired) electrons. The number of pyridine rings is 1. The third kappa shape index (κ3) is 5.08. The lowest BCUT2D eigenvalue weighted by Crippen LogP contribution is -2.58. The van der Waals surface area contributed by atoms with Gasteiger partial charge in [-0.1, -0.05) is 31.0 Å². The van der Waals surface area contributed by atoms with Crippen LogP contribution in [-0.2, 0) is 11.3 Å². The zero-order chi connectivity index (χ0) is 22.8. The lowest BCUT2D eigenvalue weighted by Gasteiger charge is -2.48. The highest BCUT2D eigenvalue weighted by Crippen LogP contribution is 2.43. The van der Waals surface area contributed by atoms with E-state index in [1.165, 1.54) is 12.8 Å². The number of benzene rings is 1. The summed E-state index contributed by atoms with van der Waals surface area (Å²) in [5, 5.41) is 29.1. The third-order valence-corrected chi connectivity index (χ3v) is 6.14. The van der Waals surface area contributed by atoms with Gasteiger partial charge in [0.05, 0.1) is 12.2 Å². The Morgan fingerprint density at radius 1 is 1.13 bits per heavy atom. The van der Waals surface area contributed by atoms with Gasteiger partial charge in [0.15, 0.2) is 0 Å². The number of carboxylic acids is 1. The molecule has 2 fully saturated rings. The molecule has 0 amide bonds. The molecule has 2 aromatic rings. The van der Waals surface area contributed by atoms with Gasteiger partial charge in [0, 0.05) is 30.2 Å². The second kappa shape index (κ2) is 8.97. The standard InChI is InChI=1S/C19H24N2O3.C2HF3O2/c22-16-9-19(7-3-4-8-19)21(12-17(16)23)11-13-10-20-18(24)15-6-2-1-5-14(13)15;3-2(4,5)1(6)7/h1-2,5-6,10,16-17,22-23H,3-4,7-9,11-12H2,(H,20,24);(H,6,7)/t16-,17+;/m0./s1. The molecule has 2 aliphatic rings. The van der Waals surface area contributed by atoms with E-state index < -0.39 is 24.4 Å². The van der Waals surface area contributed by atoms with Crippen molar-refractivity contribution < 1.29 is 33.3 Å². The van der Waals surface area contributed by atoms with E-state index >= 15 is 0 Å². The van der Waals surface area contributed by atoms with Crippen LogP contribution < -0.4 is 5.56 Å². The predicted molar refractivity (Wildman–Crippen MR) is 106 cm³/mol. The van der Waals surface area contributed by atoms with E-state index in [2.05, 4.69) is 9.88 Å². The number of rotatable bonds is 2. The first-order valence-corrected chi connectivity index (χ1v) is 10.0. The summed E-state index contributed by atoms with van der Waals surface area (Å²) in [6, 6.07) is 7.65. The van der Waals surface area contributed by atoms with E-state index in [-0.39, 0.29) is 11.1 Å². The van der Waals surface area contributed by atoms with E-state index in [1.807, 2.05) is 24.3 Å². The molecule has 1 saturated heterocycles. The number of alkyl halides is 3. The molecule has 170 valence electrons. The summed E-state index contributed by atoms with van der Waals surface area (Å²) in [5.74, 6) is -2.76. The molecule has 10 heteroatoms. The maximum atomic E-state index is 12.0. The molecule has 4 N–H and O–H groups in total. The van der Waals surface area contributed by atoms with E-state index in [9.17, 15) is 28.2 Å². The molecular weight excluding hydrogens is 417 g/mol. The fraction of sp³-hybridized carbons (Fsp3) is 0.524. The minimum Gasteiger partial charge on any atom is -0.475 e. The Labute approximate surface area is 176 Å². The first kappa shape index (κ1) is 23.2. The number of H-pyrrole nitrogens is 1. The van der Waals surface area contributed by atoms with Crippen LogP contribution in [0.5, 0.6) is 0 Å². The number of aliphatic hydroxyl groups is 2. The second-order valence-electron chi connectivity index (χ2n) is 8.14. The fourth-order valence-electron chi connectivity index (χ4n) is 4.59. The van der Waals surface area contributed by atoms with E-state index in [0.29, 0.717) is 24.9 Å². The Kier molecular flexibility index (Phi) is 6.73. The molecule has 1 aliphatic carbocycles. The van der Waals surface area contributed by atoms with Crippen molar-refractivity contribution in [1.29, 1.82) is 0 Å². The summed E-state index contributed by atoms with van der Waals surface area (Å²) in [7, 11) is 0. The van der Waals surface area contributed by atoms with E-state index in [0.717, 1.165) is 23.8 Å². The van der Waals surface area contributed by atoms with E-state index in [1.54, 1.807) is 6.20 Å². The highest BCUT2D eigenvalue weighted by atomic mass is 19.4. The average Bonchev–Trinajstić information content (AvgIpc) is 3.17. The molecule has 2 heterocycles. The van der Waals surface area contributed by atoms with Crippen LogP contribution in [0.1, 0.15) is 37.7 Å². The third-order valence-electron chi connectivity index (χ3n) is 6.14. The number of carboxylic acid groups (broad SMARTS) is 1. The highest BCUT2D eigenvalue weighted by Gasteiger charge is 2.46. The van der Waals surface area contributed by atoms with Gasteiger partial charge in [-0.15, -0.1) is 0 Å². The smallest absolute Gasteiger partial charge is 0.475 e. The summed E-state index contributed by atoms with van der Waals surface area (Å²) in [6.07, 6.45) is 0.491. The molecule has 2 atom stereocenters. The van der Waals surface area contributed by atoms with Crippen LogP contribution in [0.15, 0.2) is 35.3 Å². The predicted octanol–water partition coefficient (Wildman–Crippen LogP) is 2.40. The van der Waals surface area contributed by atoms with Crippen LogP contribution in [0, 0.1) is 0 Å². The van der Waals surface area contributed by atoms with Gasteiger partial charge in [0.1, 0.15) is 0 Å². The van der Waals surface area contributed by atoms with Gasteiger partial charge in [-0.25, -0.2) is 4.79 Å². The molecule has 0 unspecified atom stereocenters. The van der Waals surface area contributed by atoms with Gasteiger partial charge in [-0.3, -0.25) is 9.69 Å². The number of nitrogens with one attached hydrogen (secondary N) is 1. The van der Waals surface area contributed by atoms with Crippen molar-refractivity contribution in [3.8, 4) is 0 Å². The van der Waals surface area contributed by atoms with Gasteiger partial charge in [-0.05, 0) is 36.3 Å². The van der Waals surface area contributed by atoms with Gasteiger partial charge in [0.2, 0.25) is 0 Å². The molecule has 1 saturated carbocycles. The fourth-order valence-corrected chi connectivity index (χ4v) is 4.59. The molecule has 1 aromatic heterocycles. The largest absolute Gasteiger partial charge is 0.490 e.